The summed E-state index contributed by atoms with van der Waals surface area (Å²) >= 11 is 0. The summed E-state index contributed by atoms with van der Waals surface area (Å²) in [7, 11) is -2.68. The lowest BCUT2D eigenvalue weighted by atomic mass is 10.1. The van der Waals surface area contributed by atoms with Crippen LogP contribution >= 0.6 is 0 Å². The van der Waals surface area contributed by atoms with Gasteiger partial charge in [0.1, 0.15) is 5.69 Å². The molecule has 31 heavy (non-hydrogen) atoms. The Hall–Kier alpha value is -3.82. The highest BCUT2D eigenvalue weighted by molar-refractivity contribution is 7.90. The molecule has 0 N–H and O–H groups in total. The maximum absolute atomic E-state index is 13.6. The lowest BCUT2D eigenvalue weighted by Gasteiger charge is -2.10. The third-order valence-electron chi connectivity index (χ3n) is 4.85. The molecule has 6 heteroatoms. The number of aryl methyl sites for hydroxylation is 1. The van der Waals surface area contributed by atoms with Crippen LogP contribution in [-0.4, -0.2) is 25.5 Å². The van der Waals surface area contributed by atoms with Crippen LogP contribution in [0.3, 0.4) is 0 Å². The molecule has 0 saturated heterocycles. The van der Waals surface area contributed by atoms with E-state index in [2.05, 4.69) is 11.8 Å². The number of ether oxygens (including phenoxy) is 1. The summed E-state index contributed by atoms with van der Waals surface area (Å²) in [5.74, 6) is 5.46. The van der Waals surface area contributed by atoms with Crippen molar-refractivity contribution in [2.75, 3.05) is 7.11 Å². The van der Waals surface area contributed by atoms with Crippen molar-refractivity contribution >= 4 is 26.9 Å². The Morgan fingerprint density at radius 1 is 0.903 bits per heavy atom. The molecule has 0 spiro atoms. The number of nitrogens with zero attached hydrogens (tertiary/aromatic N) is 1. The first-order chi connectivity index (χ1) is 14.9. The van der Waals surface area contributed by atoms with Gasteiger partial charge in [0.25, 0.3) is 10.0 Å². The minimum Gasteiger partial charge on any atom is -0.465 e. The highest BCUT2D eigenvalue weighted by atomic mass is 32.2. The molecule has 1 aromatic heterocycles. The highest BCUT2D eigenvalue weighted by Crippen LogP contribution is 2.27. The van der Waals surface area contributed by atoms with Crippen LogP contribution in [0.1, 0.15) is 27.2 Å². The summed E-state index contributed by atoms with van der Waals surface area (Å²) < 4.78 is 33.1. The van der Waals surface area contributed by atoms with Gasteiger partial charge in [-0.05, 0) is 55.3 Å². The Morgan fingerprint density at radius 2 is 1.61 bits per heavy atom. The topological polar surface area (TPSA) is 65.4 Å². The second-order valence-electron chi connectivity index (χ2n) is 6.99. The van der Waals surface area contributed by atoms with Gasteiger partial charge in [0.15, 0.2) is 0 Å². The number of carbonyl (C=O) groups excluding carboxylic acids is 1. The van der Waals surface area contributed by atoms with Crippen LogP contribution in [0.25, 0.3) is 10.9 Å². The second kappa shape index (κ2) is 8.13. The Balaban J connectivity index is 1.98. The van der Waals surface area contributed by atoms with Gasteiger partial charge in [-0.1, -0.05) is 47.9 Å². The quantitative estimate of drug-likeness (QED) is 0.358. The van der Waals surface area contributed by atoms with Gasteiger partial charge in [0.2, 0.25) is 0 Å². The lowest BCUT2D eigenvalue weighted by Crippen LogP contribution is -2.15. The minimum atomic E-state index is -3.96. The normalized spacial score (nSPS) is 11.0. The van der Waals surface area contributed by atoms with E-state index in [1.807, 2.05) is 37.3 Å². The fourth-order valence-electron chi connectivity index (χ4n) is 3.24. The monoisotopic (exact) mass is 429 g/mol. The highest BCUT2D eigenvalue weighted by Gasteiger charge is 2.23. The molecule has 0 bridgehead atoms. The molecule has 5 nitrogen and oxygen atoms in total. The maximum Gasteiger partial charge on any atom is 0.337 e. The maximum atomic E-state index is 13.6. The van der Waals surface area contributed by atoms with Crippen molar-refractivity contribution in [2.45, 2.75) is 11.8 Å². The van der Waals surface area contributed by atoms with Gasteiger partial charge < -0.3 is 4.74 Å². The average Bonchev–Trinajstić information content (AvgIpc) is 3.16. The zero-order chi connectivity index (χ0) is 22.0. The van der Waals surface area contributed by atoms with Gasteiger partial charge >= 0.3 is 5.97 Å². The minimum absolute atomic E-state index is 0.141. The van der Waals surface area contributed by atoms with E-state index >= 15 is 0 Å². The number of methoxy groups -OCH3 is 1. The van der Waals surface area contributed by atoms with Crippen LogP contribution in [-0.2, 0) is 14.8 Å². The number of benzene rings is 3. The Morgan fingerprint density at radius 3 is 2.29 bits per heavy atom. The van der Waals surface area contributed by atoms with Crippen molar-refractivity contribution in [3.8, 4) is 11.8 Å². The van der Waals surface area contributed by atoms with E-state index in [0.717, 1.165) is 11.1 Å². The summed E-state index contributed by atoms with van der Waals surface area (Å²) in [6.45, 7) is 1.89. The number of hydrogen-bond donors (Lipinski definition) is 0. The summed E-state index contributed by atoms with van der Waals surface area (Å²) in [6, 6.07) is 22.5. The Bertz CT molecular complexity index is 1440. The van der Waals surface area contributed by atoms with Crippen LogP contribution in [0.5, 0.6) is 0 Å². The van der Waals surface area contributed by atoms with Crippen LogP contribution < -0.4 is 0 Å². The molecule has 0 unspecified atom stereocenters. The molecule has 0 fully saturated rings. The fraction of sp³-hybridized carbons (Fsp3) is 0.0800. The van der Waals surface area contributed by atoms with Crippen LogP contribution in [0.4, 0.5) is 0 Å². The van der Waals surface area contributed by atoms with Gasteiger partial charge in [0, 0.05) is 10.9 Å². The summed E-state index contributed by atoms with van der Waals surface area (Å²) in [6.07, 6.45) is 0. The second-order valence-corrected chi connectivity index (χ2v) is 8.78. The third-order valence-corrected chi connectivity index (χ3v) is 6.59. The van der Waals surface area contributed by atoms with Crippen molar-refractivity contribution < 1.29 is 17.9 Å². The number of fused-ring (bicyclic) bond motifs is 1. The van der Waals surface area contributed by atoms with E-state index in [9.17, 15) is 13.2 Å². The molecule has 0 amide bonds. The van der Waals surface area contributed by atoms with E-state index in [1.54, 1.807) is 42.5 Å². The van der Waals surface area contributed by atoms with Gasteiger partial charge in [-0.15, -0.1) is 0 Å². The largest absolute Gasteiger partial charge is 0.465 e. The SMILES string of the molecule is COC(=O)c1ccc2cc(C#Cc3ccccc3)n(S(=O)(=O)c3ccc(C)cc3)c2c1. The van der Waals surface area contributed by atoms with Gasteiger partial charge in [-0.3, -0.25) is 0 Å². The number of rotatable bonds is 3. The van der Waals surface area contributed by atoms with Crippen molar-refractivity contribution in [3.63, 3.8) is 0 Å². The molecule has 3 aromatic carbocycles. The molecule has 0 aliphatic heterocycles. The molecule has 154 valence electrons. The van der Waals surface area contributed by atoms with E-state index in [-0.39, 0.29) is 10.5 Å². The first-order valence-corrected chi connectivity index (χ1v) is 11.0. The lowest BCUT2D eigenvalue weighted by molar-refractivity contribution is 0.0601. The van der Waals surface area contributed by atoms with Gasteiger partial charge in [0.05, 0.1) is 23.1 Å². The first kappa shape index (κ1) is 20.5. The summed E-state index contributed by atoms with van der Waals surface area (Å²) in [5.41, 5.74) is 2.65. The molecular formula is C25H19NO4S. The van der Waals surface area contributed by atoms with Crippen LogP contribution in [0.2, 0.25) is 0 Å². The van der Waals surface area contributed by atoms with Crippen molar-refractivity contribution in [3.05, 3.63) is 101 Å². The smallest absolute Gasteiger partial charge is 0.337 e. The molecule has 1 heterocycles. The fourth-order valence-corrected chi connectivity index (χ4v) is 4.71. The van der Waals surface area contributed by atoms with Crippen LogP contribution in [0.15, 0.2) is 83.8 Å². The molecule has 0 atom stereocenters. The van der Waals surface area contributed by atoms with Crippen LogP contribution in [0, 0.1) is 18.8 Å². The average molecular weight is 429 g/mol. The zero-order valence-electron chi connectivity index (χ0n) is 17.0. The number of aromatic nitrogens is 1. The van der Waals surface area contributed by atoms with E-state index in [0.29, 0.717) is 16.6 Å². The number of esters is 1. The molecule has 0 aliphatic rings. The number of hydrogen-bond acceptors (Lipinski definition) is 4. The third kappa shape index (κ3) is 3.96. The molecule has 0 aliphatic carbocycles. The van der Waals surface area contributed by atoms with E-state index in [1.165, 1.54) is 17.1 Å². The molecule has 4 aromatic rings. The predicted octanol–water partition coefficient (Wildman–Crippen LogP) is 4.37. The van der Waals surface area contributed by atoms with Crippen molar-refractivity contribution in [1.82, 2.24) is 3.97 Å². The zero-order valence-corrected chi connectivity index (χ0v) is 17.8. The molecular weight excluding hydrogens is 410 g/mol. The first-order valence-electron chi connectivity index (χ1n) is 9.53. The van der Waals surface area contributed by atoms with E-state index in [4.69, 9.17) is 4.74 Å². The Labute approximate surface area is 181 Å². The molecule has 0 radical (unpaired) electrons. The molecule has 4 rings (SSSR count). The van der Waals surface area contributed by atoms with Gasteiger partial charge in [-0.2, -0.15) is 0 Å². The van der Waals surface area contributed by atoms with Gasteiger partial charge in [-0.25, -0.2) is 17.2 Å². The Kier molecular flexibility index (Phi) is 5.37. The molecule has 0 saturated carbocycles. The summed E-state index contributed by atoms with van der Waals surface area (Å²) in [4.78, 5) is 12.2. The number of carbonyl (C=O) groups is 1. The standard InChI is InChI=1S/C25H19NO4S/c1-18-8-14-23(15-9-18)31(28,29)26-22(13-10-19-6-4-3-5-7-19)16-20-11-12-21(17-24(20)26)25(27)30-2/h3-9,11-12,14-17H,1-2H3. The predicted molar refractivity (Wildman–Crippen MR) is 119 cm³/mol. The van der Waals surface area contributed by atoms with E-state index < -0.39 is 16.0 Å². The summed E-state index contributed by atoms with van der Waals surface area (Å²) in [5, 5.41) is 0.653. The van der Waals surface area contributed by atoms with Crippen molar-refractivity contribution in [1.29, 1.82) is 0 Å². The van der Waals surface area contributed by atoms with Crippen molar-refractivity contribution in [2.24, 2.45) is 0 Å².